The first kappa shape index (κ1) is 17.7. The standard InChI is InChI=1S/C22H25N7/c1-15-6-5-7-16(12-15)28-14-25-18-13-17(8-9-19(18)28)29-21(24)26-20(23)27-22(29)10-3-2-4-11-22/h5-9,12-14H,2-4,10-11H2,1H3,(H4,23,24,26,27). The summed E-state index contributed by atoms with van der Waals surface area (Å²) in [6, 6.07) is 14.6. The Balaban J connectivity index is 1.59. The Labute approximate surface area is 169 Å². The minimum atomic E-state index is -0.444. The fraction of sp³-hybridized carbons (Fsp3) is 0.318. The molecule has 1 aromatic heterocycles. The molecule has 148 valence electrons. The molecule has 0 atom stereocenters. The van der Waals surface area contributed by atoms with E-state index in [9.17, 15) is 0 Å². The molecule has 7 heteroatoms. The number of aliphatic imine (C=N–C) groups is 2. The number of rotatable bonds is 2. The largest absolute Gasteiger partial charge is 0.369 e. The van der Waals surface area contributed by atoms with Crippen LogP contribution in [0, 0.1) is 6.92 Å². The quantitative estimate of drug-likeness (QED) is 0.704. The SMILES string of the molecule is Cc1cccc(-n2cnc3cc(N4C(N)=NC(N)=NC45CCCCC5)ccc32)c1. The van der Waals surface area contributed by atoms with Crippen molar-refractivity contribution in [2.24, 2.45) is 21.5 Å². The summed E-state index contributed by atoms with van der Waals surface area (Å²) in [5.41, 5.74) is 17.1. The van der Waals surface area contributed by atoms with Gasteiger partial charge in [0.15, 0.2) is 0 Å². The maximum atomic E-state index is 6.35. The number of hydrogen-bond acceptors (Lipinski definition) is 6. The number of hydrogen-bond donors (Lipinski definition) is 2. The molecule has 0 unspecified atom stereocenters. The fourth-order valence-corrected chi connectivity index (χ4v) is 4.62. The number of nitrogens with two attached hydrogens (primary N) is 2. The highest BCUT2D eigenvalue weighted by Gasteiger charge is 2.42. The first-order valence-corrected chi connectivity index (χ1v) is 10.1. The van der Waals surface area contributed by atoms with E-state index in [2.05, 4.69) is 63.9 Å². The lowest BCUT2D eigenvalue weighted by Gasteiger charge is -2.45. The van der Waals surface area contributed by atoms with Gasteiger partial charge in [-0.1, -0.05) is 18.6 Å². The summed E-state index contributed by atoms with van der Waals surface area (Å²) < 4.78 is 2.10. The third kappa shape index (κ3) is 2.93. The molecule has 0 bridgehead atoms. The van der Waals surface area contributed by atoms with Gasteiger partial charge < -0.3 is 11.5 Å². The second-order valence-corrected chi connectivity index (χ2v) is 7.95. The predicted molar refractivity (Wildman–Crippen MR) is 117 cm³/mol. The van der Waals surface area contributed by atoms with Gasteiger partial charge in [0.25, 0.3) is 0 Å². The summed E-state index contributed by atoms with van der Waals surface area (Å²) in [6.07, 6.45) is 7.11. The molecule has 1 saturated carbocycles. The van der Waals surface area contributed by atoms with Gasteiger partial charge in [-0.05, 0) is 68.5 Å². The van der Waals surface area contributed by atoms with E-state index in [1.165, 1.54) is 12.0 Å². The Morgan fingerprint density at radius 3 is 2.59 bits per heavy atom. The van der Waals surface area contributed by atoms with E-state index in [1.54, 1.807) is 0 Å². The molecule has 0 saturated heterocycles. The molecule has 2 aliphatic rings. The van der Waals surface area contributed by atoms with E-state index in [0.717, 1.165) is 48.1 Å². The fourth-order valence-electron chi connectivity index (χ4n) is 4.62. The normalized spacial score (nSPS) is 18.7. The number of guanidine groups is 2. The zero-order valence-corrected chi connectivity index (χ0v) is 16.5. The smallest absolute Gasteiger partial charge is 0.220 e. The molecule has 0 radical (unpaired) electrons. The van der Waals surface area contributed by atoms with Crippen LogP contribution >= 0.6 is 0 Å². The highest BCUT2D eigenvalue weighted by Crippen LogP contribution is 2.40. The first-order valence-electron chi connectivity index (χ1n) is 10.1. The molecule has 1 aliphatic carbocycles. The first-order chi connectivity index (χ1) is 14.1. The van der Waals surface area contributed by atoms with Crippen molar-refractivity contribution < 1.29 is 0 Å². The van der Waals surface area contributed by atoms with E-state index < -0.39 is 5.66 Å². The van der Waals surface area contributed by atoms with Crippen molar-refractivity contribution in [1.82, 2.24) is 9.55 Å². The third-order valence-corrected chi connectivity index (χ3v) is 5.92. The second-order valence-electron chi connectivity index (χ2n) is 7.95. The Kier molecular flexibility index (Phi) is 4.04. The molecular formula is C22H25N7. The van der Waals surface area contributed by atoms with Crippen LogP contribution in [0.2, 0.25) is 0 Å². The molecule has 4 N–H and O–H groups in total. The van der Waals surface area contributed by atoms with Crippen LogP contribution in [0.1, 0.15) is 37.7 Å². The number of imidazole rings is 1. The minimum Gasteiger partial charge on any atom is -0.369 e. The molecule has 7 nitrogen and oxygen atoms in total. The number of aryl methyl sites for hydroxylation is 1. The zero-order chi connectivity index (χ0) is 20.0. The van der Waals surface area contributed by atoms with Crippen LogP contribution in [0.4, 0.5) is 5.69 Å². The molecule has 2 aromatic carbocycles. The Bertz CT molecular complexity index is 1140. The summed E-state index contributed by atoms with van der Waals surface area (Å²) in [5.74, 6) is 0.669. The molecule has 1 aliphatic heterocycles. The average molecular weight is 387 g/mol. The van der Waals surface area contributed by atoms with Gasteiger partial charge in [0.2, 0.25) is 11.9 Å². The molecule has 5 rings (SSSR count). The van der Waals surface area contributed by atoms with E-state index in [0.29, 0.717) is 5.96 Å². The van der Waals surface area contributed by atoms with Gasteiger partial charge >= 0.3 is 0 Å². The van der Waals surface area contributed by atoms with Crippen molar-refractivity contribution in [3.8, 4) is 5.69 Å². The molecule has 1 spiro atoms. The highest BCUT2D eigenvalue weighted by molar-refractivity contribution is 6.06. The Morgan fingerprint density at radius 2 is 1.79 bits per heavy atom. The summed E-state index contributed by atoms with van der Waals surface area (Å²) in [6.45, 7) is 2.09. The molecule has 29 heavy (non-hydrogen) atoms. The zero-order valence-electron chi connectivity index (χ0n) is 16.5. The van der Waals surface area contributed by atoms with Crippen LogP contribution in [-0.4, -0.2) is 27.1 Å². The number of benzene rings is 2. The third-order valence-electron chi connectivity index (χ3n) is 5.92. The number of nitrogens with zero attached hydrogens (tertiary/aromatic N) is 5. The van der Waals surface area contributed by atoms with Crippen molar-refractivity contribution in [1.29, 1.82) is 0 Å². The van der Waals surface area contributed by atoms with Gasteiger partial charge in [-0.15, -0.1) is 0 Å². The molecule has 0 amide bonds. The van der Waals surface area contributed by atoms with Crippen LogP contribution in [0.5, 0.6) is 0 Å². The van der Waals surface area contributed by atoms with E-state index >= 15 is 0 Å². The van der Waals surface area contributed by atoms with E-state index in [1.807, 2.05) is 11.2 Å². The van der Waals surface area contributed by atoms with Gasteiger partial charge in [-0.25, -0.2) is 9.98 Å². The number of anilines is 1. The summed E-state index contributed by atoms with van der Waals surface area (Å²) >= 11 is 0. The second kappa shape index (κ2) is 6.62. The summed E-state index contributed by atoms with van der Waals surface area (Å²) in [7, 11) is 0. The average Bonchev–Trinajstić information content (AvgIpc) is 3.11. The minimum absolute atomic E-state index is 0.269. The molecular weight excluding hydrogens is 362 g/mol. The highest BCUT2D eigenvalue weighted by atomic mass is 15.4. The van der Waals surface area contributed by atoms with Crippen molar-refractivity contribution in [3.05, 3.63) is 54.4 Å². The van der Waals surface area contributed by atoms with Gasteiger partial charge in [0.05, 0.1) is 11.0 Å². The Hall–Kier alpha value is -3.35. The van der Waals surface area contributed by atoms with Crippen LogP contribution in [0.15, 0.2) is 58.8 Å². The van der Waals surface area contributed by atoms with Crippen LogP contribution < -0.4 is 16.4 Å². The Morgan fingerprint density at radius 1 is 0.966 bits per heavy atom. The van der Waals surface area contributed by atoms with Crippen molar-refractivity contribution in [2.45, 2.75) is 44.7 Å². The molecule has 1 fully saturated rings. The topological polar surface area (TPSA) is 97.8 Å². The molecule has 3 aromatic rings. The van der Waals surface area contributed by atoms with Gasteiger partial charge in [0, 0.05) is 11.4 Å². The van der Waals surface area contributed by atoms with Gasteiger partial charge in [0.1, 0.15) is 12.0 Å². The maximum absolute atomic E-state index is 6.35. The summed E-state index contributed by atoms with van der Waals surface area (Å²) in [4.78, 5) is 15.7. The van der Waals surface area contributed by atoms with Crippen molar-refractivity contribution in [2.75, 3.05) is 4.90 Å². The van der Waals surface area contributed by atoms with Gasteiger partial charge in [-0.3, -0.25) is 9.47 Å². The maximum Gasteiger partial charge on any atom is 0.220 e. The monoisotopic (exact) mass is 387 g/mol. The lowest BCUT2D eigenvalue weighted by molar-refractivity contribution is 0.305. The van der Waals surface area contributed by atoms with Gasteiger partial charge in [-0.2, -0.15) is 4.99 Å². The lowest BCUT2D eigenvalue weighted by atomic mass is 9.87. The number of aromatic nitrogens is 2. The lowest BCUT2D eigenvalue weighted by Crippen LogP contribution is -2.58. The van der Waals surface area contributed by atoms with E-state index in [4.69, 9.17) is 16.5 Å². The number of fused-ring (bicyclic) bond motifs is 1. The van der Waals surface area contributed by atoms with E-state index in [-0.39, 0.29) is 5.96 Å². The molecule has 2 heterocycles. The van der Waals surface area contributed by atoms with Crippen LogP contribution in [0.3, 0.4) is 0 Å². The summed E-state index contributed by atoms with van der Waals surface area (Å²) in [5, 5.41) is 0. The van der Waals surface area contributed by atoms with Crippen molar-refractivity contribution in [3.63, 3.8) is 0 Å². The predicted octanol–water partition coefficient (Wildman–Crippen LogP) is 3.44. The van der Waals surface area contributed by atoms with Crippen LogP contribution in [-0.2, 0) is 0 Å². The van der Waals surface area contributed by atoms with Crippen LogP contribution in [0.25, 0.3) is 16.7 Å². The van der Waals surface area contributed by atoms with Crippen molar-refractivity contribution >= 4 is 28.6 Å².